The molecule has 84 valence electrons. The molecule has 4 heteroatoms. The number of rotatable bonds is 5. The maximum atomic E-state index is 11.4. The maximum absolute atomic E-state index is 11.4. The zero-order valence-electron chi connectivity index (χ0n) is 9.56. The van der Waals surface area contributed by atoms with Gasteiger partial charge in [0.2, 0.25) is 0 Å². The van der Waals surface area contributed by atoms with Gasteiger partial charge in [-0.15, -0.1) is 0 Å². The van der Waals surface area contributed by atoms with Crippen LogP contribution in [-0.4, -0.2) is 22.4 Å². The summed E-state index contributed by atoms with van der Waals surface area (Å²) < 4.78 is 6.71. The van der Waals surface area contributed by atoms with Crippen molar-refractivity contribution < 1.29 is 9.53 Å². The summed E-state index contributed by atoms with van der Waals surface area (Å²) in [4.78, 5) is 11.4. The predicted molar refractivity (Wildman–Crippen MR) is 57.8 cm³/mol. The Morgan fingerprint density at radius 2 is 2.13 bits per heavy atom. The first-order valence-corrected chi connectivity index (χ1v) is 5.45. The fraction of sp³-hybridized carbons (Fsp3) is 0.636. The molecule has 1 rings (SSSR count). The molecule has 1 aromatic heterocycles. The zero-order valence-corrected chi connectivity index (χ0v) is 9.56. The molecule has 1 aromatic rings. The summed E-state index contributed by atoms with van der Waals surface area (Å²) in [7, 11) is 0. The van der Waals surface area contributed by atoms with Gasteiger partial charge in [0.25, 0.3) is 0 Å². The topological polar surface area (TPSA) is 44.1 Å². The van der Waals surface area contributed by atoms with Crippen molar-refractivity contribution in [3.8, 4) is 0 Å². The van der Waals surface area contributed by atoms with E-state index in [2.05, 4.69) is 18.9 Å². The van der Waals surface area contributed by atoms with Crippen LogP contribution in [0.5, 0.6) is 0 Å². The molecule has 15 heavy (non-hydrogen) atoms. The highest BCUT2D eigenvalue weighted by Crippen LogP contribution is 2.14. The van der Waals surface area contributed by atoms with Crippen LogP contribution in [0.3, 0.4) is 0 Å². The Kier molecular flexibility index (Phi) is 4.34. The van der Waals surface area contributed by atoms with Crippen molar-refractivity contribution in [1.82, 2.24) is 9.78 Å². The third-order valence-corrected chi connectivity index (χ3v) is 2.41. The smallest absolute Gasteiger partial charge is 0.358 e. The van der Waals surface area contributed by atoms with Crippen LogP contribution in [0.1, 0.15) is 50.1 Å². The van der Waals surface area contributed by atoms with Gasteiger partial charge in [-0.1, -0.05) is 13.8 Å². The SMILES string of the molecule is CCOC(=O)c1ccn(C(CC)CC)n1. The second-order valence-corrected chi connectivity index (χ2v) is 3.37. The molecule has 4 nitrogen and oxygen atoms in total. The average molecular weight is 210 g/mol. The lowest BCUT2D eigenvalue weighted by molar-refractivity contribution is 0.0518. The Morgan fingerprint density at radius 3 is 2.67 bits per heavy atom. The first-order chi connectivity index (χ1) is 7.22. The highest BCUT2D eigenvalue weighted by Gasteiger charge is 2.13. The van der Waals surface area contributed by atoms with E-state index in [0.717, 1.165) is 12.8 Å². The molecule has 1 heterocycles. The molecule has 0 aliphatic carbocycles. The molecule has 0 unspecified atom stereocenters. The van der Waals surface area contributed by atoms with Gasteiger partial charge in [0.1, 0.15) is 0 Å². The molecular formula is C11H18N2O2. The summed E-state index contributed by atoms with van der Waals surface area (Å²) >= 11 is 0. The van der Waals surface area contributed by atoms with Crippen LogP contribution >= 0.6 is 0 Å². The van der Waals surface area contributed by atoms with Gasteiger partial charge in [-0.25, -0.2) is 4.79 Å². The number of nitrogens with zero attached hydrogens (tertiary/aromatic N) is 2. The van der Waals surface area contributed by atoms with E-state index in [1.54, 1.807) is 13.0 Å². The normalized spacial score (nSPS) is 10.7. The number of carbonyl (C=O) groups excluding carboxylic acids is 1. The molecule has 0 bridgehead atoms. The summed E-state index contributed by atoms with van der Waals surface area (Å²) in [5.74, 6) is -0.345. The number of esters is 1. The summed E-state index contributed by atoms with van der Waals surface area (Å²) in [5, 5.41) is 4.21. The Morgan fingerprint density at radius 1 is 1.47 bits per heavy atom. The molecule has 0 aliphatic heterocycles. The number of carbonyl (C=O) groups is 1. The minimum absolute atomic E-state index is 0.345. The summed E-state index contributed by atoms with van der Waals surface area (Å²) in [6.07, 6.45) is 3.87. The largest absolute Gasteiger partial charge is 0.461 e. The van der Waals surface area contributed by atoms with Crippen molar-refractivity contribution in [3.63, 3.8) is 0 Å². The fourth-order valence-corrected chi connectivity index (χ4v) is 1.52. The molecule has 0 fully saturated rings. The number of aromatic nitrogens is 2. The van der Waals surface area contributed by atoms with Crippen LogP contribution in [0.15, 0.2) is 12.3 Å². The molecule has 0 N–H and O–H groups in total. The first kappa shape index (κ1) is 11.8. The second kappa shape index (κ2) is 5.53. The van der Waals surface area contributed by atoms with Gasteiger partial charge in [-0.3, -0.25) is 4.68 Å². The van der Waals surface area contributed by atoms with Gasteiger partial charge in [0, 0.05) is 6.20 Å². The second-order valence-electron chi connectivity index (χ2n) is 3.37. The molecule has 0 radical (unpaired) electrons. The third kappa shape index (κ3) is 2.81. The lowest BCUT2D eigenvalue weighted by Gasteiger charge is -2.12. The highest BCUT2D eigenvalue weighted by molar-refractivity contribution is 5.86. The van der Waals surface area contributed by atoms with Gasteiger partial charge in [0.05, 0.1) is 12.6 Å². The van der Waals surface area contributed by atoms with Crippen molar-refractivity contribution in [2.24, 2.45) is 0 Å². The number of hydrogen-bond acceptors (Lipinski definition) is 3. The molecule has 0 saturated carbocycles. The van der Waals surface area contributed by atoms with Crippen LogP contribution < -0.4 is 0 Å². The van der Waals surface area contributed by atoms with Crippen LogP contribution in [0.25, 0.3) is 0 Å². The Hall–Kier alpha value is -1.32. The van der Waals surface area contributed by atoms with E-state index >= 15 is 0 Å². The van der Waals surface area contributed by atoms with Crippen molar-refractivity contribution in [1.29, 1.82) is 0 Å². The summed E-state index contributed by atoms with van der Waals surface area (Å²) in [6, 6.07) is 2.07. The molecular weight excluding hydrogens is 192 g/mol. The van der Waals surface area contributed by atoms with Gasteiger partial charge in [0.15, 0.2) is 5.69 Å². The van der Waals surface area contributed by atoms with E-state index in [4.69, 9.17) is 4.74 Å². The molecule has 0 amide bonds. The summed E-state index contributed by atoms with van der Waals surface area (Å²) in [6.45, 7) is 6.40. The lowest BCUT2D eigenvalue weighted by atomic mass is 10.2. The standard InChI is InChI=1S/C11H18N2O2/c1-4-9(5-2)13-8-7-10(12-13)11(14)15-6-3/h7-9H,4-6H2,1-3H3. The van der Waals surface area contributed by atoms with Crippen LogP contribution in [0, 0.1) is 0 Å². The zero-order chi connectivity index (χ0) is 11.3. The van der Waals surface area contributed by atoms with Crippen molar-refractivity contribution in [2.75, 3.05) is 6.61 Å². The van der Waals surface area contributed by atoms with Crippen LogP contribution in [0.4, 0.5) is 0 Å². The van der Waals surface area contributed by atoms with E-state index in [9.17, 15) is 4.79 Å². The average Bonchev–Trinajstić information content (AvgIpc) is 2.69. The van der Waals surface area contributed by atoms with Gasteiger partial charge in [-0.2, -0.15) is 5.10 Å². The van der Waals surface area contributed by atoms with Gasteiger partial charge < -0.3 is 4.74 Å². The number of ether oxygens (including phenoxy) is 1. The quantitative estimate of drug-likeness (QED) is 0.701. The molecule has 0 aliphatic rings. The Bertz CT molecular complexity index is 316. The van der Waals surface area contributed by atoms with Gasteiger partial charge in [-0.05, 0) is 25.8 Å². The Balaban J connectivity index is 2.75. The van der Waals surface area contributed by atoms with Crippen molar-refractivity contribution >= 4 is 5.97 Å². The number of hydrogen-bond donors (Lipinski definition) is 0. The van der Waals surface area contributed by atoms with Crippen LogP contribution in [0.2, 0.25) is 0 Å². The van der Waals surface area contributed by atoms with E-state index in [1.165, 1.54) is 0 Å². The van der Waals surface area contributed by atoms with E-state index in [1.807, 2.05) is 10.9 Å². The predicted octanol–water partition coefficient (Wildman–Crippen LogP) is 2.42. The Labute approximate surface area is 90.2 Å². The third-order valence-electron chi connectivity index (χ3n) is 2.41. The fourth-order valence-electron chi connectivity index (χ4n) is 1.52. The molecule has 0 atom stereocenters. The molecule has 0 saturated heterocycles. The molecule has 0 aromatic carbocycles. The lowest BCUT2D eigenvalue weighted by Crippen LogP contribution is -2.10. The van der Waals surface area contributed by atoms with Gasteiger partial charge >= 0.3 is 5.97 Å². The molecule has 0 spiro atoms. The minimum Gasteiger partial charge on any atom is -0.461 e. The maximum Gasteiger partial charge on any atom is 0.358 e. The van der Waals surface area contributed by atoms with E-state index < -0.39 is 0 Å². The van der Waals surface area contributed by atoms with E-state index in [0.29, 0.717) is 18.3 Å². The van der Waals surface area contributed by atoms with Crippen molar-refractivity contribution in [2.45, 2.75) is 39.7 Å². The first-order valence-electron chi connectivity index (χ1n) is 5.45. The van der Waals surface area contributed by atoms with E-state index in [-0.39, 0.29) is 5.97 Å². The summed E-state index contributed by atoms with van der Waals surface area (Å²) in [5.41, 5.74) is 0.392. The monoisotopic (exact) mass is 210 g/mol. The van der Waals surface area contributed by atoms with Crippen molar-refractivity contribution in [3.05, 3.63) is 18.0 Å². The minimum atomic E-state index is -0.345. The van der Waals surface area contributed by atoms with Crippen LogP contribution in [-0.2, 0) is 4.74 Å². The highest BCUT2D eigenvalue weighted by atomic mass is 16.5.